The highest BCUT2D eigenvalue weighted by Gasteiger charge is 2.33. The van der Waals surface area contributed by atoms with Crippen molar-refractivity contribution >= 4 is 71.9 Å². The predicted octanol–water partition coefficient (Wildman–Crippen LogP) is -6.61. The van der Waals surface area contributed by atoms with Crippen LogP contribution < -0.4 is 72.0 Å². The van der Waals surface area contributed by atoms with E-state index in [1.54, 1.807) is 0 Å². The second kappa shape index (κ2) is 27.2. The highest BCUT2D eigenvalue weighted by Crippen LogP contribution is 2.07. The zero-order valence-corrected chi connectivity index (χ0v) is 32.5. The molecule has 0 heterocycles. The molecule has 21 N–H and O–H groups in total. The molecule has 0 aliphatic heterocycles. The summed E-state index contributed by atoms with van der Waals surface area (Å²) in [5.41, 5.74) is 38.0. The molecule has 24 nitrogen and oxygen atoms in total. The molecule has 56 heavy (non-hydrogen) atoms. The van der Waals surface area contributed by atoms with Crippen molar-refractivity contribution in [2.45, 2.75) is 108 Å². The first kappa shape index (κ1) is 50.6. The smallest absolute Gasteiger partial charge is 0.325 e. The van der Waals surface area contributed by atoms with Crippen molar-refractivity contribution in [3.8, 4) is 0 Å². The van der Waals surface area contributed by atoms with Gasteiger partial charge in [-0.2, -0.15) is 12.6 Å². The molecule has 7 atom stereocenters. The maximum Gasteiger partial charge on any atom is 0.325 e. The minimum atomic E-state index is -1.69. The van der Waals surface area contributed by atoms with Gasteiger partial charge in [-0.25, -0.2) is 0 Å². The molecule has 0 fully saturated rings. The average Bonchev–Trinajstić information content (AvgIpc) is 3.11. The molecule has 318 valence electrons. The summed E-state index contributed by atoms with van der Waals surface area (Å²) in [5, 5.41) is 23.8. The summed E-state index contributed by atoms with van der Waals surface area (Å²) in [6.45, 7) is 3.04. The third-order valence-electron chi connectivity index (χ3n) is 7.73. The molecule has 0 unspecified atom stereocenters. The van der Waals surface area contributed by atoms with Gasteiger partial charge in [-0.3, -0.25) is 48.3 Å². The molecule has 0 aliphatic carbocycles. The number of guanidine groups is 2. The number of aliphatic carboxylic acids is 1. The third-order valence-corrected chi connectivity index (χ3v) is 8.10. The molecule has 0 aromatic rings. The van der Waals surface area contributed by atoms with Crippen molar-refractivity contribution in [3.05, 3.63) is 0 Å². The van der Waals surface area contributed by atoms with E-state index in [9.17, 15) is 43.5 Å². The fraction of sp³-hybridized carbons (Fsp3) is 0.677. The molecule has 0 bridgehead atoms. The molecule has 0 radical (unpaired) electrons. The first-order valence-electron chi connectivity index (χ1n) is 17.7. The SMILES string of the molecule is C[C@H](N)C(=O)N[C@@H](CCCCN)C(=O)N[C@@H](CS)C(=O)N[C@@H](CCCN=C(N)N)C(=O)N[C@@H](CC(N)=O)C(=O)N[C@@H](CCCN=C(N)N)C(=O)N[C@@H](C)C(=O)O. The lowest BCUT2D eigenvalue weighted by Gasteiger charge is -2.27. The number of nitrogens with two attached hydrogens (primary N) is 7. The number of hydrogen-bond donors (Lipinski definition) is 15. The number of nitrogens with one attached hydrogen (secondary N) is 6. The molecule has 0 saturated carbocycles. The van der Waals surface area contributed by atoms with E-state index in [2.05, 4.69) is 54.5 Å². The molecule has 0 aromatic carbocycles. The van der Waals surface area contributed by atoms with Crippen LogP contribution in [0.15, 0.2) is 9.98 Å². The molecule has 0 saturated heterocycles. The van der Waals surface area contributed by atoms with Gasteiger partial charge in [-0.15, -0.1) is 0 Å². The minimum absolute atomic E-state index is 0.0229. The fourth-order valence-electron chi connectivity index (χ4n) is 4.68. The van der Waals surface area contributed by atoms with Gasteiger partial charge in [0, 0.05) is 18.8 Å². The maximum atomic E-state index is 13.7. The number of primary amides is 1. The van der Waals surface area contributed by atoms with Crippen LogP contribution in [0.4, 0.5) is 0 Å². The monoisotopic (exact) mass is 817 g/mol. The van der Waals surface area contributed by atoms with Gasteiger partial charge in [0.05, 0.1) is 12.5 Å². The van der Waals surface area contributed by atoms with E-state index in [1.807, 2.05) is 0 Å². The Bertz CT molecular complexity index is 1410. The number of nitrogens with zero attached hydrogens (tertiary/aromatic N) is 2. The average molecular weight is 818 g/mol. The Morgan fingerprint density at radius 2 is 0.946 bits per heavy atom. The highest BCUT2D eigenvalue weighted by atomic mass is 32.1. The molecule has 7 amide bonds. The molecular formula is C31H59N15O9S. The largest absolute Gasteiger partial charge is 0.480 e. The standard InChI is InChI=1S/C31H59N15O9S/c1-15(33)23(48)42-17(7-3-4-10-32)26(51)46-21(14-56)28(53)44-19(9-6-12-40-31(37)38)25(50)45-20(13-22(34)47)27(52)43-18(8-5-11-39-30(35)36)24(49)41-16(2)29(54)55/h15-21,56H,3-14,32-33H2,1-2H3,(H2,34,47)(H,41,49)(H,42,48)(H,43,52)(H,44,53)(H,45,50)(H,46,51)(H,54,55)(H4,35,36,39)(H4,37,38,40)/t15-,16-,17-,18-,19-,20-,21-/m0/s1. The lowest BCUT2D eigenvalue weighted by atomic mass is 10.1. The number of unbranched alkanes of at least 4 members (excludes halogenated alkanes) is 1. The van der Waals surface area contributed by atoms with Crippen molar-refractivity contribution in [3.63, 3.8) is 0 Å². The van der Waals surface area contributed by atoms with Gasteiger partial charge in [-0.05, 0) is 65.3 Å². The molecule has 0 aromatic heterocycles. The second-order valence-corrected chi connectivity index (χ2v) is 13.1. The Morgan fingerprint density at radius 3 is 1.34 bits per heavy atom. The van der Waals surface area contributed by atoms with Crippen LogP contribution in [-0.2, 0) is 38.4 Å². The van der Waals surface area contributed by atoms with Gasteiger partial charge in [0.1, 0.15) is 36.3 Å². The summed E-state index contributed by atoms with van der Waals surface area (Å²) in [6, 6.07) is -9.17. The zero-order chi connectivity index (χ0) is 43.0. The van der Waals surface area contributed by atoms with Crippen LogP contribution in [0.25, 0.3) is 0 Å². The van der Waals surface area contributed by atoms with Gasteiger partial charge in [-0.1, -0.05) is 0 Å². The van der Waals surface area contributed by atoms with Crippen LogP contribution in [0.1, 0.15) is 65.2 Å². The van der Waals surface area contributed by atoms with Crippen LogP contribution in [-0.4, -0.2) is 132 Å². The number of hydrogen-bond acceptors (Lipinski definition) is 13. The van der Waals surface area contributed by atoms with E-state index in [-0.39, 0.29) is 62.9 Å². The number of thiol groups is 1. The number of carboxylic acid groups (broad SMARTS) is 1. The van der Waals surface area contributed by atoms with Crippen LogP contribution in [0.3, 0.4) is 0 Å². The van der Waals surface area contributed by atoms with Crippen LogP contribution in [0.2, 0.25) is 0 Å². The van der Waals surface area contributed by atoms with E-state index in [4.69, 9.17) is 40.1 Å². The van der Waals surface area contributed by atoms with E-state index < -0.39 is 96.0 Å². The van der Waals surface area contributed by atoms with Gasteiger partial charge in [0.15, 0.2) is 11.9 Å². The van der Waals surface area contributed by atoms with Crippen molar-refractivity contribution in [2.24, 2.45) is 50.1 Å². The number of rotatable bonds is 28. The summed E-state index contributed by atoms with van der Waals surface area (Å²) in [5.74, 6) is -8.25. The fourth-order valence-corrected chi connectivity index (χ4v) is 4.94. The first-order valence-corrected chi connectivity index (χ1v) is 18.4. The predicted molar refractivity (Wildman–Crippen MR) is 209 cm³/mol. The summed E-state index contributed by atoms with van der Waals surface area (Å²) in [4.78, 5) is 110. The number of aliphatic imine (C=N–C) groups is 2. The molecule has 0 spiro atoms. The Morgan fingerprint density at radius 1 is 0.571 bits per heavy atom. The Kier molecular flexibility index (Phi) is 24.6. The first-order chi connectivity index (χ1) is 26.2. The van der Waals surface area contributed by atoms with Gasteiger partial charge >= 0.3 is 5.97 Å². The number of carbonyl (C=O) groups excluding carboxylic acids is 7. The van der Waals surface area contributed by atoms with Crippen molar-refractivity contribution in [1.82, 2.24) is 31.9 Å². The molecule has 25 heteroatoms. The van der Waals surface area contributed by atoms with Crippen LogP contribution in [0, 0.1) is 0 Å². The van der Waals surface area contributed by atoms with Crippen molar-refractivity contribution < 1.29 is 43.5 Å². The molecule has 0 aliphatic rings. The van der Waals surface area contributed by atoms with E-state index in [0.29, 0.717) is 19.4 Å². The Labute approximate surface area is 329 Å². The van der Waals surface area contributed by atoms with Gasteiger partial charge < -0.3 is 77.1 Å². The van der Waals surface area contributed by atoms with Crippen molar-refractivity contribution in [1.29, 1.82) is 0 Å². The Hall–Kier alpha value is -5.43. The van der Waals surface area contributed by atoms with Crippen LogP contribution in [0.5, 0.6) is 0 Å². The topological polar surface area (TPSA) is 436 Å². The van der Waals surface area contributed by atoms with Crippen molar-refractivity contribution in [2.75, 3.05) is 25.4 Å². The number of amides is 7. The minimum Gasteiger partial charge on any atom is -0.480 e. The Balaban J connectivity index is 6.32. The summed E-state index contributed by atoms with van der Waals surface area (Å²) < 4.78 is 0. The van der Waals surface area contributed by atoms with Gasteiger partial charge in [0.2, 0.25) is 41.4 Å². The third kappa shape index (κ3) is 21.5. The summed E-state index contributed by atoms with van der Waals surface area (Å²) in [7, 11) is 0. The summed E-state index contributed by atoms with van der Waals surface area (Å²) in [6.07, 6.45) is 0.485. The molecular weight excluding hydrogens is 759 g/mol. The number of carboxylic acids is 1. The second-order valence-electron chi connectivity index (χ2n) is 12.7. The van der Waals surface area contributed by atoms with E-state index in [1.165, 1.54) is 13.8 Å². The maximum absolute atomic E-state index is 13.7. The summed E-state index contributed by atoms with van der Waals surface area (Å²) >= 11 is 4.17. The lowest BCUT2D eigenvalue weighted by Crippen LogP contribution is -2.60. The number of carbonyl (C=O) groups is 8. The van der Waals surface area contributed by atoms with Crippen LogP contribution >= 0.6 is 12.6 Å². The normalized spacial score (nSPS) is 14.4. The highest BCUT2D eigenvalue weighted by molar-refractivity contribution is 7.80. The van der Waals surface area contributed by atoms with Gasteiger partial charge in [0.25, 0.3) is 0 Å². The molecule has 0 rings (SSSR count). The quantitative estimate of drug-likeness (QED) is 0.0151. The zero-order valence-electron chi connectivity index (χ0n) is 31.6. The van der Waals surface area contributed by atoms with E-state index in [0.717, 1.165) is 0 Å². The van der Waals surface area contributed by atoms with E-state index >= 15 is 0 Å². The lowest BCUT2D eigenvalue weighted by molar-refractivity contribution is -0.142.